The third-order valence-electron chi connectivity index (χ3n) is 4.54. The smallest absolute Gasteiger partial charge is 0.261 e. The number of aryl methyl sites for hydroxylation is 2. The van der Waals surface area contributed by atoms with Gasteiger partial charge in [0.15, 0.2) is 0 Å². The zero-order valence-corrected chi connectivity index (χ0v) is 16.3. The molecule has 4 nitrogen and oxygen atoms in total. The van der Waals surface area contributed by atoms with Crippen LogP contribution >= 0.6 is 11.3 Å². The molecule has 0 fully saturated rings. The molecule has 0 spiro atoms. The van der Waals surface area contributed by atoms with Crippen LogP contribution in [0.2, 0.25) is 0 Å². The van der Waals surface area contributed by atoms with Crippen LogP contribution in [-0.2, 0) is 6.54 Å². The van der Waals surface area contributed by atoms with Gasteiger partial charge >= 0.3 is 0 Å². The van der Waals surface area contributed by atoms with E-state index in [1.165, 1.54) is 17.5 Å². The van der Waals surface area contributed by atoms with Crippen molar-refractivity contribution in [1.82, 2.24) is 15.3 Å². The minimum atomic E-state index is -0.493. The minimum absolute atomic E-state index is 0. The minimum Gasteiger partial charge on any atom is -0.347 e. The number of rotatable bonds is 4. The van der Waals surface area contributed by atoms with Crippen LogP contribution in [0.4, 0.5) is 4.39 Å². The summed E-state index contributed by atoms with van der Waals surface area (Å²) in [5.41, 5.74) is 4.22. The molecule has 0 aliphatic rings. The van der Waals surface area contributed by atoms with E-state index < -0.39 is 5.95 Å². The Morgan fingerprint density at radius 2 is 1.90 bits per heavy atom. The number of aromatic nitrogens is 2. The predicted molar refractivity (Wildman–Crippen MR) is 117 cm³/mol. The molecule has 4 rings (SSSR count). The fourth-order valence-corrected chi connectivity index (χ4v) is 4.18. The van der Waals surface area contributed by atoms with Crippen LogP contribution in [0.15, 0.2) is 54.7 Å². The van der Waals surface area contributed by atoms with Crippen molar-refractivity contribution in [1.29, 1.82) is 0 Å². The molecule has 0 bridgehead atoms. The van der Waals surface area contributed by atoms with Crippen LogP contribution < -0.4 is 5.32 Å². The SMILES string of the molecule is C.Cc1cc(C)c2cc(C(=O)NCc3ccc(-c4cccnc4F)cc3)sc2n1. The molecular weight excluding hydrogens is 385 g/mol. The number of nitrogens with one attached hydrogen (secondary N) is 1. The Labute approximate surface area is 173 Å². The number of amides is 1. The van der Waals surface area contributed by atoms with Crippen LogP contribution in [0.5, 0.6) is 0 Å². The molecule has 29 heavy (non-hydrogen) atoms. The normalized spacial score (nSPS) is 10.6. The van der Waals surface area contributed by atoms with Gasteiger partial charge in [0, 0.05) is 29.4 Å². The summed E-state index contributed by atoms with van der Waals surface area (Å²) in [4.78, 5) is 22.2. The van der Waals surface area contributed by atoms with E-state index in [-0.39, 0.29) is 13.3 Å². The zero-order chi connectivity index (χ0) is 19.7. The summed E-state index contributed by atoms with van der Waals surface area (Å²) < 4.78 is 13.8. The van der Waals surface area contributed by atoms with Gasteiger partial charge in [-0.25, -0.2) is 9.97 Å². The Morgan fingerprint density at radius 3 is 2.62 bits per heavy atom. The maximum absolute atomic E-state index is 13.8. The summed E-state index contributed by atoms with van der Waals surface area (Å²) in [6.45, 7) is 4.37. The van der Waals surface area contributed by atoms with Crippen molar-refractivity contribution in [3.63, 3.8) is 0 Å². The number of carbonyl (C=O) groups is 1. The molecule has 0 saturated heterocycles. The molecule has 1 N–H and O–H groups in total. The van der Waals surface area contributed by atoms with Crippen molar-refractivity contribution in [3.8, 4) is 11.1 Å². The lowest BCUT2D eigenvalue weighted by atomic mass is 10.1. The highest BCUT2D eigenvalue weighted by atomic mass is 32.1. The molecule has 148 valence electrons. The molecule has 0 atom stereocenters. The number of thiophene rings is 1. The van der Waals surface area contributed by atoms with Crippen LogP contribution in [-0.4, -0.2) is 15.9 Å². The Kier molecular flexibility index (Phi) is 6.03. The molecule has 1 aromatic carbocycles. The molecule has 0 saturated carbocycles. The molecular formula is C23H22FN3OS. The number of carbonyl (C=O) groups excluding carboxylic acids is 1. The zero-order valence-electron chi connectivity index (χ0n) is 15.5. The number of halogens is 1. The Balaban J connectivity index is 0.00000240. The van der Waals surface area contributed by atoms with Gasteiger partial charge in [0.1, 0.15) is 4.83 Å². The number of nitrogens with zero attached hydrogens (tertiary/aromatic N) is 2. The number of fused-ring (bicyclic) bond motifs is 1. The first kappa shape index (κ1) is 20.6. The van der Waals surface area contributed by atoms with E-state index in [1.807, 2.05) is 50.2 Å². The molecule has 0 unspecified atom stereocenters. The molecule has 0 aliphatic heterocycles. The highest BCUT2D eigenvalue weighted by Gasteiger charge is 2.13. The van der Waals surface area contributed by atoms with Crippen molar-refractivity contribution >= 4 is 27.5 Å². The second-order valence-electron chi connectivity index (χ2n) is 6.63. The van der Waals surface area contributed by atoms with E-state index >= 15 is 0 Å². The second kappa shape index (κ2) is 8.49. The van der Waals surface area contributed by atoms with E-state index in [9.17, 15) is 9.18 Å². The summed E-state index contributed by atoms with van der Waals surface area (Å²) in [7, 11) is 0. The predicted octanol–water partition coefficient (Wildman–Crippen LogP) is 5.68. The topological polar surface area (TPSA) is 54.9 Å². The summed E-state index contributed by atoms with van der Waals surface area (Å²) in [6.07, 6.45) is 1.43. The van der Waals surface area contributed by atoms with Gasteiger partial charge in [0.2, 0.25) is 5.95 Å². The van der Waals surface area contributed by atoms with E-state index in [0.29, 0.717) is 17.0 Å². The van der Waals surface area contributed by atoms with Gasteiger partial charge in [-0.1, -0.05) is 31.7 Å². The van der Waals surface area contributed by atoms with Crippen molar-refractivity contribution < 1.29 is 9.18 Å². The number of benzene rings is 1. The van der Waals surface area contributed by atoms with Crippen molar-refractivity contribution in [3.05, 3.63) is 82.4 Å². The second-order valence-corrected chi connectivity index (χ2v) is 7.66. The maximum Gasteiger partial charge on any atom is 0.261 e. The molecule has 0 radical (unpaired) electrons. The summed E-state index contributed by atoms with van der Waals surface area (Å²) in [6, 6.07) is 14.7. The van der Waals surface area contributed by atoms with E-state index in [4.69, 9.17) is 0 Å². The Morgan fingerprint density at radius 1 is 1.14 bits per heavy atom. The standard InChI is InChI=1S/C22H18FN3OS.CH4/c1-13-10-14(2)26-22-18(13)11-19(28-22)21(27)25-12-15-5-7-16(8-6-15)17-4-3-9-24-20(17)23;/h3-11H,12H2,1-2H3,(H,25,27);1H4. The third kappa shape index (κ3) is 4.32. The van der Waals surface area contributed by atoms with E-state index in [1.54, 1.807) is 12.1 Å². The Bertz CT molecular complexity index is 1170. The van der Waals surface area contributed by atoms with Crippen LogP contribution in [0.1, 0.15) is 33.9 Å². The van der Waals surface area contributed by atoms with E-state index in [0.717, 1.165) is 32.6 Å². The highest BCUT2D eigenvalue weighted by Crippen LogP contribution is 2.27. The molecule has 1 amide bonds. The first-order valence-electron chi connectivity index (χ1n) is 8.87. The van der Waals surface area contributed by atoms with Gasteiger partial charge in [-0.05, 0) is 54.8 Å². The molecule has 6 heteroatoms. The van der Waals surface area contributed by atoms with Crippen molar-refractivity contribution in [2.45, 2.75) is 27.8 Å². The summed E-state index contributed by atoms with van der Waals surface area (Å²) >= 11 is 1.40. The molecule has 3 heterocycles. The molecule has 3 aromatic heterocycles. The van der Waals surface area contributed by atoms with Crippen LogP contribution in [0, 0.1) is 19.8 Å². The average Bonchev–Trinajstić information content (AvgIpc) is 3.11. The first-order valence-corrected chi connectivity index (χ1v) is 9.69. The van der Waals surface area contributed by atoms with Gasteiger partial charge in [0.05, 0.1) is 4.88 Å². The van der Waals surface area contributed by atoms with Crippen molar-refractivity contribution in [2.75, 3.05) is 0 Å². The number of hydrogen-bond acceptors (Lipinski definition) is 4. The number of pyridine rings is 2. The fourth-order valence-electron chi connectivity index (χ4n) is 3.12. The van der Waals surface area contributed by atoms with Crippen LogP contribution in [0.3, 0.4) is 0 Å². The van der Waals surface area contributed by atoms with Gasteiger partial charge in [0.25, 0.3) is 5.91 Å². The fraction of sp³-hybridized carbons (Fsp3) is 0.174. The quantitative estimate of drug-likeness (QED) is 0.443. The van der Waals surface area contributed by atoms with Gasteiger partial charge < -0.3 is 5.32 Å². The largest absolute Gasteiger partial charge is 0.347 e. The lowest BCUT2D eigenvalue weighted by Crippen LogP contribution is -2.21. The maximum atomic E-state index is 13.8. The van der Waals surface area contributed by atoms with Crippen molar-refractivity contribution in [2.24, 2.45) is 0 Å². The van der Waals surface area contributed by atoms with Crippen LogP contribution in [0.25, 0.3) is 21.3 Å². The first-order chi connectivity index (χ1) is 13.5. The summed E-state index contributed by atoms with van der Waals surface area (Å²) in [5, 5.41) is 3.96. The van der Waals surface area contributed by atoms with E-state index in [2.05, 4.69) is 15.3 Å². The highest BCUT2D eigenvalue weighted by molar-refractivity contribution is 7.20. The van der Waals surface area contributed by atoms with Gasteiger partial charge in [-0.2, -0.15) is 4.39 Å². The molecule has 4 aromatic rings. The number of hydrogen-bond donors (Lipinski definition) is 1. The Hall–Kier alpha value is -3.12. The molecule has 0 aliphatic carbocycles. The third-order valence-corrected chi connectivity index (χ3v) is 5.57. The average molecular weight is 408 g/mol. The summed E-state index contributed by atoms with van der Waals surface area (Å²) in [5.74, 6) is -0.616. The van der Waals surface area contributed by atoms with Gasteiger partial charge in [-0.15, -0.1) is 11.3 Å². The lowest BCUT2D eigenvalue weighted by molar-refractivity contribution is 0.0955. The monoisotopic (exact) mass is 407 g/mol. The lowest BCUT2D eigenvalue weighted by Gasteiger charge is -2.06. The van der Waals surface area contributed by atoms with Gasteiger partial charge in [-0.3, -0.25) is 4.79 Å².